The van der Waals surface area contributed by atoms with Crippen LogP contribution < -0.4 is 9.05 Å². The second kappa shape index (κ2) is 9.08. The molecule has 0 amide bonds. The molecule has 1 N–H and O–H groups in total. The van der Waals surface area contributed by atoms with Gasteiger partial charge in [0, 0.05) is 12.0 Å². The lowest BCUT2D eigenvalue weighted by atomic mass is 10.0. The van der Waals surface area contributed by atoms with Crippen LogP contribution >= 0.6 is 7.82 Å². The lowest BCUT2D eigenvalue weighted by Gasteiger charge is -2.15. The summed E-state index contributed by atoms with van der Waals surface area (Å²) in [7, 11) is -4.35. The molecule has 3 rings (SSSR count). The van der Waals surface area contributed by atoms with Crippen LogP contribution in [0.1, 0.15) is 33.5 Å². The Kier molecular flexibility index (Phi) is 6.53. The number of hydrogen-bond donors (Lipinski definition) is 1. The van der Waals surface area contributed by atoms with Crippen molar-refractivity contribution < 1.29 is 23.3 Å². The Morgan fingerprint density at radius 2 is 1.52 bits per heavy atom. The fraction of sp³-hybridized carbons (Fsp3) is 0.174. The molecule has 1 unspecified atom stereocenters. The molecule has 150 valence electrons. The highest BCUT2D eigenvalue weighted by Gasteiger charge is 2.25. The van der Waals surface area contributed by atoms with E-state index in [-0.39, 0.29) is 17.3 Å². The molecule has 0 aliphatic carbocycles. The molecule has 0 saturated heterocycles. The Labute approximate surface area is 170 Å². The highest BCUT2D eigenvalue weighted by Crippen LogP contribution is 2.44. The minimum absolute atomic E-state index is 0.0444. The third-order valence-corrected chi connectivity index (χ3v) is 5.15. The van der Waals surface area contributed by atoms with E-state index in [1.807, 2.05) is 44.2 Å². The third kappa shape index (κ3) is 6.31. The predicted octanol–water partition coefficient (Wildman–Crippen LogP) is 5.68. The van der Waals surface area contributed by atoms with Crippen LogP contribution in [0.2, 0.25) is 0 Å². The standard InChI is InChI=1S/C23H23O5P/c1-17-13-18(2)15-22(14-17)28-29(25,26)27-21-10-6-7-19(16-21)11-12-23(24)20-8-4-3-5-9-20/h3-10,13-16H,11-12H2,1-2H3,(H,25,26). The van der Waals surface area contributed by atoms with Crippen LogP contribution in [0.3, 0.4) is 0 Å². The summed E-state index contributed by atoms with van der Waals surface area (Å²) in [6.07, 6.45) is 0.835. The van der Waals surface area contributed by atoms with Gasteiger partial charge >= 0.3 is 7.82 Å². The number of hydrogen-bond acceptors (Lipinski definition) is 4. The molecule has 0 fully saturated rings. The fourth-order valence-corrected chi connectivity index (χ4v) is 3.84. The molecule has 3 aromatic rings. The van der Waals surface area contributed by atoms with Gasteiger partial charge in [-0.3, -0.25) is 9.69 Å². The second-order valence-electron chi connectivity index (χ2n) is 6.91. The van der Waals surface area contributed by atoms with E-state index in [4.69, 9.17) is 9.05 Å². The van der Waals surface area contributed by atoms with E-state index in [0.29, 0.717) is 18.4 Å². The summed E-state index contributed by atoms with van der Waals surface area (Å²) in [4.78, 5) is 22.4. The monoisotopic (exact) mass is 410 g/mol. The number of Topliss-reactive ketones (excluding diaryl/α,β-unsaturated/α-hetero) is 1. The molecular formula is C23H23O5P. The number of aryl methyl sites for hydroxylation is 3. The fourth-order valence-electron chi connectivity index (χ4n) is 3.05. The summed E-state index contributed by atoms with van der Waals surface area (Å²) in [6.45, 7) is 3.76. The van der Waals surface area contributed by atoms with E-state index in [9.17, 15) is 14.3 Å². The molecule has 3 aromatic carbocycles. The minimum Gasteiger partial charge on any atom is -0.395 e. The molecule has 0 aromatic heterocycles. The molecule has 0 aliphatic rings. The first-order valence-electron chi connectivity index (χ1n) is 9.28. The van der Waals surface area contributed by atoms with Gasteiger partial charge in [-0.25, -0.2) is 4.57 Å². The smallest absolute Gasteiger partial charge is 0.395 e. The molecular weight excluding hydrogens is 387 g/mol. The van der Waals surface area contributed by atoms with Gasteiger partial charge in [0.25, 0.3) is 0 Å². The Morgan fingerprint density at radius 1 is 0.862 bits per heavy atom. The molecule has 0 saturated carbocycles. The van der Waals surface area contributed by atoms with E-state index >= 15 is 0 Å². The van der Waals surface area contributed by atoms with Crippen molar-refractivity contribution in [1.82, 2.24) is 0 Å². The first-order valence-corrected chi connectivity index (χ1v) is 10.8. The van der Waals surface area contributed by atoms with E-state index in [1.54, 1.807) is 42.5 Å². The van der Waals surface area contributed by atoms with Crippen LogP contribution in [-0.4, -0.2) is 10.7 Å². The number of carbonyl (C=O) groups is 1. The summed E-state index contributed by atoms with van der Waals surface area (Å²) in [5.74, 6) is 0.533. The lowest BCUT2D eigenvalue weighted by Crippen LogP contribution is -2.02. The molecule has 0 bridgehead atoms. The molecule has 6 heteroatoms. The number of phosphoric ester groups is 1. The summed E-state index contributed by atoms with van der Waals surface area (Å²) >= 11 is 0. The zero-order valence-corrected chi connectivity index (χ0v) is 17.3. The number of rotatable bonds is 8. The van der Waals surface area contributed by atoms with Gasteiger partial charge in [0.2, 0.25) is 0 Å². The highest BCUT2D eigenvalue weighted by molar-refractivity contribution is 7.48. The minimum atomic E-state index is -4.35. The van der Waals surface area contributed by atoms with E-state index in [2.05, 4.69) is 0 Å². The van der Waals surface area contributed by atoms with Gasteiger partial charge in [0.1, 0.15) is 11.5 Å². The van der Waals surface area contributed by atoms with Crippen LogP contribution in [0.4, 0.5) is 0 Å². The van der Waals surface area contributed by atoms with Crippen molar-refractivity contribution in [3.05, 3.63) is 95.1 Å². The van der Waals surface area contributed by atoms with Crippen LogP contribution in [0.5, 0.6) is 11.5 Å². The Hall–Kier alpha value is -2.88. The van der Waals surface area contributed by atoms with Crippen molar-refractivity contribution in [2.24, 2.45) is 0 Å². The zero-order valence-electron chi connectivity index (χ0n) is 16.4. The Morgan fingerprint density at radius 3 is 2.21 bits per heavy atom. The van der Waals surface area contributed by atoms with E-state index < -0.39 is 7.82 Å². The van der Waals surface area contributed by atoms with E-state index in [1.165, 1.54) is 0 Å². The summed E-state index contributed by atoms with van der Waals surface area (Å²) in [5, 5.41) is 0. The average Bonchev–Trinajstić information content (AvgIpc) is 2.65. The Bertz CT molecular complexity index is 1030. The molecule has 0 heterocycles. The second-order valence-corrected chi connectivity index (χ2v) is 8.21. The first-order chi connectivity index (χ1) is 13.8. The van der Waals surface area contributed by atoms with Gasteiger partial charge in [-0.05, 0) is 61.2 Å². The number of ketones is 1. The molecule has 29 heavy (non-hydrogen) atoms. The van der Waals surface area contributed by atoms with Crippen molar-refractivity contribution in [3.63, 3.8) is 0 Å². The van der Waals surface area contributed by atoms with Crippen LogP contribution in [0.25, 0.3) is 0 Å². The van der Waals surface area contributed by atoms with Gasteiger partial charge in [0.15, 0.2) is 5.78 Å². The molecule has 1 atom stereocenters. The normalized spacial score (nSPS) is 12.8. The largest absolute Gasteiger partial charge is 0.584 e. The van der Waals surface area contributed by atoms with Crippen molar-refractivity contribution >= 4 is 13.6 Å². The predicted molar refractivity (Wildman–Crippen MR) is 113 cm³/mol. The maximum absolute atomic E-state index is 12.4. The summed E-state index contributed by atoms with van der Waals surface area (Å²) in [6, 6.07) is 21.2. The third-order valence-electron chi connectivity index (χ3n) is 4.27. The number of phosphoric acid groups is 1. The molecule has 0 spiro atoms. The topological polar surface area (TPSA) is 72.8 Å². The number of benzene rings is 3. The Balaban J connectivity index is 1.64. The molecule has 0 aliphatic heterocycles. The van der Waals surface area contributed by atoms with E-state index in [0.717, 1.165) is 16.7 Å². The van der Waals surface area contributed by atoms with Gasteiger partial charge in [-0.1, -0.05) is 48.5 Å². The van der Waals surface area contributed by atoms with Crippen LogP contribution in [0, 0.1) is 13.8 Å². The quantitative estimate of drug-likeness (QED) is 0.382. The zero-order chi connectivity index (χ0) is 20.9. The van der Waals surface area contributed by atoms with Gasteiger partial charge in [0.05, 0.1) is 0 Å². The summed E-state index contributed by atoms with van der Waals surface area (Å²) in [5.41, 5.74) is 3.34. The van der Waals surface area contributed by atoms with Gasteiger partial charge in [-0.2, -0.15) is 0 Å². The maximum Gasteiger partial charge on any atom is 0.584 e. The van der Waals surface area contributed by atoms with Crippen LogP contribution in [0.15, 0.2) is 72.8 Å². The molecule has 5 nitrogen and oxygen atoms in total. The number of carbonyl (C=O) groups excluding carboxylic acids is 1. The SMILES string of the molecule is Cc1cc(C)cc(OP(=O)(O)Oc2cccc(CCC(=O)c3ccccc3)c2)c1. The van der Waals surface area contributed by atoms with Gasteiger partial charge in [-0.15, -0.1) is 0 Å². The van der Waals surface area contributed by atoms with Crippen molar-refractivity contribution in [1.29, 1.82) is 0 Å². The summed E-state index contributed by atoms with van der Waals surface area (Å²) < 4.78 is 22.8. The maximum atomic E-state index is 12.4. The van der Waals surface area contributed by atoms with Crippen LogP contribution in [-0.2, 0) is 11.0 Å². The molecule has 0 radical (unpaired) electrons. The van der Waals surface area contributed by atoms with Crippen molar-refractivity contribution in [3.8, 4) is 11.5 Å². The van der Waals surface area contributed by atoms with Gasteiger partial charge < -0.3 is 9.05 Å². The first kappa shape index (κ1) is 20.8. The van der Waals surface area contributed by atoms with Crippen molar-refractivity contribution in [2.75, 3.05) is 0 Å². The highest BCUT2D eigenvalue weighted by atomic mass is 31.2. The lowest BCUT2D eigenvalue weighted by molar-refractivity contribution is 0.0982. The van der Waals surface area contributed by atoms with Crippen molar-refractivity contribution in [2.45, 2.75) is 26.7 Å². The average molecular weight is 410 g/mol.